The average Bonchev–Trinajstić information content (AvgIpc) is 2.60. The standard InChI is InChI=1S/C21H22NSi.Ir/c1-16-10-11-18(14-20(16)17-8-6-5-7-9-17)21-15-19(12-13-22-21)23(2,3)4;/h5-10,12-15H,1-4H3;/q-1;/i1D3;. The van der Waals surface area contributed by atoms with Gasteiger partial charge in [0.1, 0.15) is 0 Å². The number of benzene rings is 2. The average molecular weight is 512 g/mol. The van der Waals surface area contributed by atoms with Crippen molar-refractivity contribution in [2.75, 3.05) is 0 Å². The van der Waals surface area contributed by atoms with Crippen LogP contribution in [-0.4, -0.2) is 13.1 Å². The number of hydrogen-bond donors (Lipinski definition) is 0. The van der Waals surface area contributed by atoms with Crippen LogP contribution in [0.3, 0.4) is 0 Å². The van der Waals surface area contributed by atoms with Crippen molar-refractivity contribution in [3.63, 3.8) is 0 Å². The smallest absolute Gasteiger partial charge is 0.0767 e. The zero-order chi connectivity index (χ0) is 18.9. The summed E-state index contributed by atoms with van der Waals surface area (Å²) in [5.41, 5.74) is 3.56. The van der Waals surface area contributed by atoms with Crippen LogP contribution in [-0.2, 0) is 20.1 Å². The molecular formula is C21H22IrNSi-. The Labute approximate surface area is 163 Å². The van der Waals surface area contributed by atoms with Gasteiger partial charge in [0, 0.05) is 30.4 Å². The molecule has 1 nitrogen and oxygen atoms in total. The molecule has 0 aliphatic heterocycles. The van der Waals surface area contributed by atoms with Crippen LogP contribution < -0.4 is 5.19 Å². The maximum atomic E-state index is 7.86. The predicted molar refractivity (Wildman–Crippen MR) is 102 cm³/mol. The maximum Gasteiger partial charge on any atom is 0.0767 e. The maximum absolute atomic E-state index is 7.86. The second-order valence-corrected chi connectivity index (χ2v) is 11.8. The summed E-state index contributed by atoms with van der Waals surface area (Å²) in [4.78, 5) is 4.50. The number of pyridine rings is 1. The molecule has 0 aliphatic rings. The Morgan fingerprint density at radius 2 is 1.79 bits per heavy atom. The van der Waals surface area contributed by atoms with Crippen molar-refractivity contribution in [1.82, 2.24) is 4.98 Å². The van der Waals surface area contributed by atoms with Crippen molar-refractivity contribution >= 4 is 13.3 Å². The Hall–Kier alpha value is -1.54. The van der Waals surface area contributed by atoms with Crippen molar-refractivity contribution in [2.24, 2.45) is 0 Å². The van der Waals surface area contributed by atoms with Gasteiger partial charge in [0.05, 0.1) is 8.07 Å². The van der Waals surface area contributed by atoms with Crippen LogP contribution >= 0.6 is 0 Å². The Kier molecular flexibility index (Phi) is 4.65. The Morgan fingerprint density at radius 3 is 2.46 bits per heavy atom. The molecule has 0 bridgehead atoms. The number of hydrogen-bond acceptors (Lipinski definition) is 1. The van der Waals surface area contributed by atoms with Crippen LogP contribution in [0.1, 0.15) is 9.68 Å². The SMILES string of the molecule is [2H]C([2H])([2H])c1c[c-]c(-c2cc([Si](C)(C)C)ccn2)cc1-c1ccccc1.[Ir]. The molecule has 1 radical (unpaired) electrons. The van der Waals surface area contributed by atoms with Gasteiger partial charge in [-0.1, -0.05) is 73.6 Å². The Bertz CT molecular complexity index is 919. The first-order chi connectivity index (χ1) is 12.2. The third kappa shape index (κ3) is 4.10. The minimum Gasteiger partial charge on any atom is -0.305 e. The summed E-state index contributed by atoms with van der Waals surface area (Å²) in [5.74, 6) is 0. The summed E-state index contributed by atoms with van der Waals surface area (Å²) in [5, 5.41) is 1.32. The van der Waals surface area contributed by atoms with E-state index < -0.39 is 14.9 Å². The normalized spacial score (nSPS) is 13.4. The molecular weight excluding hydrogens is 487 g/mol. The largest absolute Gasteiger partial charge is 0.305 e. The molecule has 0 saturated heterocycles. The van der Waals surface area contributed by atoms with Gasteiger partial charge in [0.2, 0.25) is 0 Å². The van der Waals surface area contributed by atoms with E-state index in [-0.39, 0.29) is 20.1 Å². The van der Waals surface area contributed by atoms with Crippen LogP contribution in [0, 0.1) is 12.9 Å². The summed E-state index contributed by atoms with van der Waals surface area (Å²) in [6.45, 7) is 4.70. The van der Waals surface area contributed by atoms with Crippen molar-refractivity contribution in [3.05, 3.63) is 72.4 Å². The Morgan fingerprint density at radius 1 is 1.04 bits per heavy atom. The van der Waals surface area contributed by atoms with Gasteiger partial charge in [-0.05, 0) is 17.3 Å². The first-order valence-electron chi connectivity index (χ1n) is 9.25. The molecule has 1 aromatic heterocycles. The van der Waals surface area contributed by atoms with Crippen LogP contribution in [0.4, 0.5) is 0 Å². The van der Waals surface area contributed by atoms with Gasteiger partial charge in [0.25, 0.3) is 0 Å². The molecule has 125 valence electrons. The van der Waals surface area contributed by atoms with E-state index in [1.165, 1.54) is 5.19 Å². The molecule has 1 heterocycles. The zero-order valence-corrected chi connectivity index (χ0v) is 17.4. The van der Waals surface area contributed by atoms with Crippen LogP contribution in [0.25, 0.3) is 22.4 Å². The second kappa shape index (κ2) is 7.56. The van der Waals surface area contributed by atoms with E-state index in [0.29, 0.717) is 11.1 Å². The van der Waals surface area contributed by atoms with E-state index in [9.17, 15) is 0 Å². The molecule has 0 aliphatic carbocycles. The number of rotatable bonds is 3. The fraction of sp³-hybridized carbons (Fsp3) is 0.190. The summed E-state index contributed by atoms with van der Waals surface area (Å²) in [7, 11) is -1.46. The quantitative estimate of drug-likeness (QED) is 0.354. The van der Waals surface area contributed by atoms with Gasteiger partial charge in [-0.2, -0.15) is 0 Å². The van der Waals surface area contributed by atoms with E-state index >= 15 is 0 Å². The van der Waals surface area contributed by atoms with Gasteiger partial charge < -0.3 is 4.98 Å². The van der Waals surface area contributed by atoms with Gasteiger partial charge >= 0.3 is 0 Å². The summed E-state index contributed by atoms with van der Waals surface area (Å²) < 4.78 is 23.6. The fourth-order valence-electron chi connectivity index (χ4n) is 2.54. The van der Waals surface area contributed by atoms with Crippen LogP contribution in [0.2, 0.25) is 19.6 Å². The fourth-order valence-corrected chi connectivity index (χ4v) is 3.68. The van der Waals surface area contributed by atoms with Gasteiger partial charge in [-0.15, -0.1) is 29.3 Å². The van der Waals surface area contributed by atoms with Crippen molar-refractivity contribution in [2.45, 2.75) is 26.5 Å². The molecule has 0 fully saturated rings. The van der Waals surface area contributed by atoms with E-state index in [4.69, 9.17) is 4.11 Å². The molecule has 3 heteroatoms. The third-order valence-electron chi connectivity index (χ3n) is 3.94. The van der Waals surface area contributed by atoms with Crippen molar-refractivity contribution < 1.29 is 24.2 Å². The first kappa shape index (κ1) is 14.8. The van der Waals surface area contributed by atoms with Crippen molar-refractivity contribution in [3.8, 4) is 22.4 Å². The molecule has 0 atom stereocenters. The molecule has 24 heavy (non-hydrogen) atoms. The van der Waals surface area contributed by atoms with Crippen molar-refractivity contribution in [1.29, 1.82) is 0 Å². The topological polar surface area (TPSA) is 12.9 Å². The van der Waals surface area contributed by atoms with Gasteiger partial charge in [-0.25, -0.2) is 0 Å². The molecule has 0 spiro atoms. The van der Waals surface area contributed by atoms with Gasteiger partial charge in [-0.3, -0.25) is 0 Å². The zero-order valence-electron chi connectivity index (χ0n) is 17.1. The molecule has 0 N–H and O–H groups in total. The van der Waals surface area contributed by atoms with Crippen LogP contribution in [0.15, 0.2) is 60.8 Å². The molecule has 0 unspecified atom stereocenters. The minimum absolute atomic E-state index is 0. The van der Waals surface area contributed by atoms with E-state index in [1.54, 1.807) is 6.07 Å². The summed E-state index contributed by atoms with van der Waals surface area (Å²) in [6.07, 6.45) is 1.83. The van der Waals surface area contributed by atoms with Crippen LogP contribution in [0.5, 0.6) is 0 Å². The second-order valence-electron chi connectivity index (χ2n) is 6.72. The van der Waals surface area contributed by atoms with Gasteiger partial charge in [0.15, 0.2) is 0 Å². The first-order valence-corrected chi connectivity index (χ1v) is 11.2. The third-order valence-corrected chi connectivity index (χ3v) is 5.98. The molecule has 2 aromatic carbocycles. The number of nitrogens with zero attached hydrogens (tertiary/aromatic N) is 1. The van der Waals surface area contributed by atoms with E-state index in [0.717, 1.165) is 16.8 Å². The van der Waals surface area contributed by atoms with E-state index in [1.807, 2.05) is 42.6 Å². The summed E-state index contributed by atoms with van der Waals surface area (Å²) >= 11 is 0. The monoisotopic (exact) mass is 512 g/mol. The Balaban J connectivity index is 0.00000261. The predicted octanol–water partition coefficient (Wildman–Crippen LogP) is 5.07. The number of aryl methyl sites for hydroxylation is 1. The summed E-state index contributed by atoms with van der Waals surface area (Å²) in [6, 6.07) is 20.4. The van der Waals surface area contributed by atoms with E-state index in [2.05, 4.69) is 42.8 Å². The molecule has 0 amide bonds. The molecule has 3 aromatic rings. The minimum atomic E-state index is -2.19. The molecule has 0 saturated carbocycles. The molecule has 3 rings (SSSR count). The number of aromatic nitrogens is 1.